The number of halogens is 1. The van der Waals surface area contributed by atoms with Crippen molar-refractivity contribution in [3.8, 4) is 6.07 Å². The SMILES string of the molecule is COC(C)C(C)Nc1ccc(C#N)cc1Cl. The fourth-order valence-corrected chi connectivity index (χ4v) is 1.50. The molecule has 0 aliphatic heterocycles. The number of hydrogen-bond donors (Lipinski definition) is 1. The van der Waals surface area contributed by atoms with Crippen molar-refractivity contribution in [1.29, 1.82) is 5.26 Å². The normalized spacial score (nSPS) is 13.9. The van der Waals surface area contributed by atoms with E-state index in [-0.39, 0.29) is 12.1 Å². The van der Waals surface area contributed by atoms with E-state index in [9.17, 15) is 0 Å². The van der Waals surface area contributed by atoms with Gasteiger partial charge in [-0.1, -0.05) is 11.6 Å². The zero-order valence-electron chi connectivity index (χ0n) is 9.62. The third-order valence-corrected chi connectivity index (χ3v) is 2.87. The molecule has 1 rings (SSSR count). The van der Waals surface area contributed by atoms with Crippen molar-refractivity contribution in [1.82, 2.24) is 0 Å². The lowest BCUT2D eigenvalue weighted by Crippen LogP contribution is -2.29. The summed E-state index contributed by atoms with van der Waals surface area (Å²) >= 11 is 6.05. The lowest BCUT2D eigenvalue weighted by atomic mass is 10.1. The van der Waals surface area contributed by atoms with Crippen LogP contribution in [0.3, 0.4) is 0 Å². The van der Waals surface area contributed by atoms with Gasteiger partial charge in [0.25, 0.3) is 0 Å². The lowest BCUT2D eigenvalue weighted by molar-refractivity contribution is 0.106. The highest BCUT2D eigenvalue weighted by atomic mass is 35.5. The van der Waals surface area contributed by atoms with Gasteiger partial charge in [-0.05, 0) is 32.0 Å². The quantitative estimate of drug-likeness (QED) is 0.877. The van der Waals surface area contributed by atoms with Crippen LogP contribution in [-0.2, 0) is 4.74 Å². The molecule has 0 saturated carbocycles. The largest absolute Gasteiger partial charge is 0.380 e. The molecule has 0 amide bonds. The number of nitrogens with one attached hydrogen (secondary N) is 1. The molecule has 0 spiro atoms. The molecule has 0 radical (unpaired) electrons. The molecule has 16 heavy (non-hydrogen) atoms. The molecule has 0 bridgehead atoms. The summed E-state index contributed by atoms with van der Waals surface area (Å²) < 4.78 is 5.21. The number of nitriles is 1. The van der Waals surface area contributed by atoms with Gasteiger partial charge in [-0.25, -0.2) is 0 Å². The van der Waals surface area contributed by atoms with Crippen LogP contribution in [0.4, 0.5) is 5.69 Å². The van der Waals surface area contributed by atoms with Crippen LogP contribution in [0.2, 0.25) is 5.02 Å². The van der Waals surface area contributed by atoms with E-state index in [2.05, 4.69) is 5.32 Å². The highest BCUT2D eigenvalue weighted by Crippen LogP contribution is 2.24. The molecule has 4 heteroatoms. The topological polar surface area (TPSA) is 45.0 Å². The smallest absolute Gasteiger partial charge is 0.0992 e. The third kappa shape index (κ3) is 3.13. The fraction of sp³-hybridized carbons (Fsp3) is 0.417. The van der Waals surface area contributed by atoms with Crippen LogP contribution in [0.15, 0.2) is 18.2 Å². The second kappa shape index (κ2) is 5.74. The van der Waals surface area contributed by atoms with Crippen LogP contribution in [-0.4, -0.2) is 19.3 Å². The summed E-state index contributed by atoms with van der Waals surface area (Å²) in [5.41, 5.74) is 1.38. The predicted octanol–water partition coefficient (Wildman–Crippen LogP) is 3.05. The number of rotatable bonds is 4. The van der Waals surface area contributed by atoms with Gasteiger partial charge in [0.05, 0.1) is 28.4 Å². The Balaban J connectivity index is 2.79. The Morgan fingerprint density at radius 3 is 2.62 bits per heavy atom. The summed E-state index contributed by atoms with van der Waals surface area (Å²) in [5.74, 6) is 0. The minimum atomic E-state index is 0.0895. The van der Waals surface area contributed by atoms with Crippen LogP contribution >= 0.6 is 11.6 Å². The van der Waals surface area contributed by atoms with Crippen LogP contribution in [0.25, 0.3) is 0 Å². The van der Waals surface area contributed by atoms with Crippen molar-refractivity contribution in [3.63, 3.8) is 0 Å². The van der Waals surface area contributed by atoms with E-state index in [0.29, 0.717) is 10.6 Å². The number of nitrogens with zero attached hydrogens (tertiary/aromatic N) is 1. The summed E-state index contributed by atoms with van der Waals surface area (Å²) in [6.45, 7) is 4.00. The van der Waals surface area contributed by atoms with Crippen LogP contribution < -0.4 is 5.32 Å². The van der Waals surface area contributed by atoms with Crippen molar-refractivity contribution in [2.45, 2.75) is 26.0 Å². The monoisotopic (exact) mass is 238 g/mol. The first-order valence-electron chi connectivity index (χ1n) is 5.07. The Hall–Kier alpha value is -1.24. The van der Waals surface area contributed by atoms with Crippen molar-refractivity contribution in [2.24, 2.45) is 0 Å². The molecule has 2 unspecified atom stereocenters. The molecule has 1 N–H and O–H groups in total. The first kappa shape index (κ1) is 12.8. The standard InChI is InChI=1S/C12H15ClN2O/c1-8(9(2)16-3)15-12-5-4-10(7-14)6-11(12)13/h4-6,8-9,15H,1-3H3. The second-order valence-corrected chi connectivity index (χ2v) is 4.09. The van der Waals surface area contributed by atoms with Crippen molar-refractivity contribution in [3.05, 3.63) is 28.8 Å². The van der Waals surface area contributed by atoms with Gasteiger partial charge in [0, 0.05) is 13.2 Å². The fourth-order valence-electron chi connectivity index (χ4n) is 1.27. The number of methoxy groups -OCH3 is 1. The molecule has 86 valence electrons. The highest BCUT2D eigenvalue weighted by molar-refractivity contribution is 6.33. The van der Waals surface area contributed by atoms with Crippen LogP contribution in [0.1, 0.15) is 19.4 Å². The molecule has 0 aliphatic carbocycles. The Morgan fingerprint density at radius 2 is 2.12 bits per heavy atom. The molecule has 0 aliphatic rings. The third-order valence-electron chi connectivity index (χ3n) is 2.56. The first-order chi connectivity index (χ1) is 7.58. The summed E-state index contributed by atoms with van der Waals surface area (Å²) in [4.78, 5) is 0. The van der Waals surface area contributed by atoms with E-state index in [1.54, 1.807) is 25.3 Å². The Labute approximate surface area is 101 Å². The van der Waals surface area contributed by atoms with Crippen molar-refractivity contribution >= 4 is 17.3 Å². The van der Waals surface area contributed by atoms with E-state index >= 15 is 0 Å². The highest BCUT2D eigenvalue weighted by Gasteiger charge is 2.12. The second-order valence-electron chi connectivity index (χ2n) is 3.68. The van der Waals surface area contributed by atoms with Crippen LogP contribution in [0, 0.1) is 11.3 Å². The Kier molecular flexibility index (Phi) is 4.60. The molecule has 0 fully saturated rings. The molecular formula is C12H15ClN2O. The van der Waals surface area contributed by atoms with E-state index < -0.39 is 0 Å². The zero-order valence-corrected chi connectivity index (χ0v) is 10.4. The molecule has 0 aromatic heterocycles. The molecule has 3 nitrogen and oxygen atoms in total. The average molecular weight is 239 g/mol. The summed E-state index contributed by atoms with van der Waals surface area (Å²) in [6, 6.07) is 7.38. The van der Waals surface area contributed by atoms with Crippen molar-refractivity contribution in [2.75, 3.05) is 12.4 Å². The van der Waals surface area contributed by atoms with Gasteiger partial charge in [-0.2, -0.15) is 5.26 Å². The molecule has 0 saturated heterocycles. The molecular weight excluding hydrogens is 224 g/mol. The molecule has 1 aromatic carbocycles. The van der Waals surface area contributed by atoms with Crippen LogP contribution in [0.5, 0.6) is 0 Å². The van der Waals surface area contributed by atoms with Gasteiger partial charge in [0.2, 0.25) is 0 Å². The van der Waals surface area contributed by atoms with Gasteiger partial charge in [0.1, 0.15) is 0 Å². The minimum Gasteiger partial charge on any atom is -0.380 e. The minimum absolute atomic E-state index is 0.0895. The van der Waals surface area contributed by atoms with Gasteiger partial charge in [-0.3, -0.25) is 0 Å². The maximum absolute atomic E-state index is 8.71. The van der Waals surface area contributed by atoms with Gasteiger partial charge in [0.15, 0.2) is 0 Å². The van der Waals surface area contributed by atoms with Gasteiger partial charge in [-0.15, -0.1) is 0 Å². The van der Waals surface area contributed by atoms with E-state index in [4.69, 9.17) is 21.6 Å². The maximum Gasteiger partial charge on any atom is 0.0992 e. The summed E-state index contributed by atoms with van der Waals surface area (Å²) in [7, 11) is 1.67. The zero-order chi connectivity index (χ0) is 12.1. The first-order valence-corrected chi connectivity index (χ1v) is 5.45. The van der Waals surface area contributed by atoms with E-state index in [1.165, 1.54) is 0 Å². The Morgan fingerprint density at radius 1 is 1.44 bits per heavy atom. The predicted molar refractivity (Wildman–Crippen MR) is 65.7 cm³/mol. The van der Waals surface area contributed by atoms with Crippen molar-refractivity contribution < 1.29 is 4.74 Å². The molecule has 0 heterocycles. The van der Waals surface area contributed by atoms with E-state index in [1.807, 2.05) is 19.9 Å². The average Bonchev–Trinajstić information content (AvgIpc) is 2.30. The number of hydrogen-bond acceptors (Lipinski definition) is 3. The van der Waals surface area contributed by atoms with Gasteiger partial charge >= 0.3 is 0 Å². The number of benzene rings is 1. The Bertz CT molecular complexity index is 400. The molecule has 2 atom stereocenters. The van der Waals surface area contributed by atoms with Gasteiger partial charge < -0.3 is 10.1 Å². The molecule has 1 aromatic rings. The number of anilines is 1. The lowest BCUT2D eigenvalue weighted by Gasteiger charge is -2.21. The summed E-state index contributed by atoms with van der Waals surface area (Å²) in [5, 5.41) is 12.5. The maximum atomic E-state index is 8.71. The van der Waals surface area contributed by atoms with E-state index in [0.717, 1.165) is 5.69 Å². The summed E-state index contributed by atoms with van der Waals surface area (Å²) in [6.07, 6.45) is 0.0895. The number of ether oxygens (including phenoxy) is 1.